The van der Waals surface area contributed by atoms with Crippen LogP contribution in [0.1, 0.15) is 61.8 Å². The molecule has 6 heteroatoms. The minimum atomic E-state index is 0.0307. The first kappa shape index (κ1) is 22.2. The van der Waals surface area contributed by atoms with E-state index in [1.54, 1.807) is 6.20 Å². The molecule has 6 nitrogen and oxygen atoms in total. The molecule has 1 aliphatic carbocycles. The maximum atomic E-state index is 6.28. The molecule has 0 unspecified atom stereocenters. The van der Waals surface area contributed by atoms with Gasteiger partial charge in [-0.05, 0) is 56.4 Å². The molecule has 0 saturated heterocycles. The number of fused-ring (bicyclic) bond motifs is 1. The number of pyridine rings is 1. The molecule has 2 atom stereocenters. The van der Waals surface area contributed by atoms with E-state index in [1.165, 1.54) is 11.1 Å². The summed E-state index contributed by atoms with van der Waals surface area (Å²) in [6.45, 7) is 10.3. The fraction of sp³-hybridized carbons (Fsp3) is 0.423. The van der Waals surface area contributed by atoms with Crippen LogP contribution in [0.5, 0.6) is 11.8 Å². The fourth-order valence-corrected chi connectivity index (χ4v) is 4.18. The lowest BCUT2D eigenvalue weighted by molar-refractivity contribution is 0.00371. The molecule has 3 aromatic rings. The second kappa shape index (κ2) is 9.65. The molecule has 4 rings (SSSR count). The van der Waals surface area contributed by atoms with Gasteiger partial charge < -0.3 is 14.8 Å². The summed E-state index contributed by atoms with van der Waals surface area (Å²) in [5.41, 5.74) is 5.36. The average Bonchev–Trinajstić information content (AvgIpc) is 3.10. The number of hydrogen-bond acceptors (Lipinski definition) is 6. The Bertz CT molecular complexity index is 1080. The van der Waals surface area contributed by atoms with Crippen LogP contribution in [0, 0.1) is 6.92 Å². The molecular weight excluding hydrogens is 400 g/mol. The van der Waals surface area contributed by atoms with Gasteiger partial charge in [-0.1, -0.05) is 38.1 Å². The molecule has 0 spiro atoms. The topological polar surface area (TPSA) is 69.2 Å². The van der Waals surface area contributed by atoms with Gasteiger partial charge >= 0.3 is 0 Å². The van der Waals surface area contributed by atoms with E-state index in [4.69, 9.17) is 19.4 Å². The van der Waals surface area contributed by atoms with Crippen LogP contribution < -0.4 is 10.1 Å². The SMILES string of the molecule is CCc1nc(Oc2cc(C)ccn2)c(CC)nc1N[C@@H]1c2ccccc2C[C@@H]1OC(C)C. The smallest absolute Gasteiger partial charge is 0.243 e. The Labute approximate surface area is 190 Å². The summed E-state index contributed by atoms with van der Waals surface area (Å²) in [7, 11) is 0. The van der Waals surface area contributed by atoms with Crippen molar-refractivity contribution < 1.29 is 9.47 Å². The molecule has 1 aliphatic rings. The van der Waals surface area contributed by atoms with Crippen LogP contribution in [0.25, 0.3) is 0 Å². The first-order valence-electron chi connectivity index (χ1n) is 11.5. The third-order valence-electron chi connectivity index (χ3n) is 5.69. The summed E-state index contributed by atoms with van der Waals surface area (Å²) in [5, 5.41) is 3.68. The van der Waals surface area contributed by atoms with Crippen molar-refractivity contribution >= 4 is 5.82 Å². The average molecular weight is 433 g/mol. The molecule has 1 N–H and O–H groups in total. The summed E-state index contributed by atoms with van der Waals surface area (Å²) in [6.07, 6.45) is 4.28. The third-order valence-corrected chi connectivity index (χ3v) is 5.69. The highest BCUT2D eigenvalue weighted by atomic mass is 16.5. The van der Waals surface area contributed by atoms with Crippen molar-refractivity contribution in [1.29, 1.82) is 0 Å². The van der Waals surface area contributed by atoms with Crippen LogP contribution in [0.3, 0.4) is 0 Å². The molecule has 32 heavy (non-hydrogen) atoms. The van der Waals surface area contributed by atoms with Crippen LogP contribution in [0.2, 0.25) is 0 Å². The van der Waals surface area contributed by atoms with Gasteiger partial charge in [-0.2, -0.15) is 0 Å². The molecule has 0 saturated carbocycles. The predicted octanol–water partition coefficient (Wildman–Crippen LogP) is 5.60. The van der Waals surface area contributed by atoms with E-state index < -0.39 is 0 Å². The number of benzene rings is 1. The standard InChI is InChI=1S/C26H32N4O2/c1-6-20-25(28-21(7-2)26(29-20)32-23-14-17(5)12-13-27-23)30-24-19-11-9-8-10-18(19)15-22(24)31-16(3)4/h8-14,16,22,24H,6-7,15H2,1-5H3,(H,28,30)/t22-,24+/m0/s1. The zero-order valence-electron chi connectivity index (χ0n) is 19.6. The van der Waals surface area contributed by atoms with Crippen molar-refractivity contribution in [3.05, 3.63) is 70.7 Å². The Hall–Kier alpha value is -2.99. The van der Waals surface area contributed by atoms with E-state index in [9.17, 15) is 0 Å². The van der Waals surface area contributed by atoms with E-state index in [1.807, 2.05) is 19.1 Å². The van der Waals surface area contributed by atoms with Gasteiger partial charge in [-0.15, -0.1) is 0 Å². The number of ether oxygens (including phenoxy) is 2. The van der Waals surface area contributed by atoms with E-state index in [2.05, 4.69) is 62.3 Å². The summed E-state index contributed by atoms with van der Waals surface area (Å²) in [4.78, 5) is 14.1. The van der Waals surface area contributed by atoms with Crippen molar-refractivity contribution in [2.45, 2.75) is 72.1 Å². The van der Waals surface area contributed by atoms with Gasteiger partial charge in [0.15, 0.2) is 0 Å². The predicted molar refractivity (Wildman–Crippen MR) is 126 cm³/mol. The molecule has 0 bridgehead atoms. The number of aromatic nitrogens is 3. The molecular formula is C26H32N4O2. The van der Waals surface area contributed by atoms with E-state index in [0.29, 0.717) is 18.2 Å². The van der Waals surface area contributed by atoms with Gasteiger partial charge in [0.2, 0.25) is 11.8 Å². The second-order valence-corrected chi connectivity index (χ2v) is 8.50. The van der Waals surface area contributed by atoms with E-state index in [-0.39, 0.29) is 18.2 Å². The number of rotatable bonds is 8. The highest BCUT2D eigenvalue weighted by Crippen LogP contribution is 2.37. The monoisotopic (exact) mass is 432 g/mol. The molecule has 0 radical (unpaired) electrons. The van der Waals surface area contributed by atoms with Crippen LogP contribution in [0.4, 0.5) is 5.82 Å². The van der Waals surface area contributed by atoms with Gasteiger partial charge in [0, 0.05) is 18.7 Å². The Morgan fingerprint density at radius 2 is 1.84 bits per heavy atom. The minimum absolute atomic E-state index is 0.0307. The third kappa shape index (κ3) is 4.75. The van der Waals surface area contributed by atoms with E-state index in [0.717, 1.165) is 35.6 Å². The second-order valence-electron chi connectivity index (χ2n) is 8.50. The molecule has 168 valence electrons. The van der Waals surface area contributed by atoms with Crippen LogP contribution in [-0.2, 0) is 24.0 Å². The van der Waals surface area contributed by atoms with Gasteiger partial charge in [-0.25, -0.2) is 15.0 Å². The molecule has 0 fully saturated rings. The summed E-state index contributed by atoms with van der Waals surface area (Å²) in [5.74, 6) is 1.86. The minimum Gasteiger partial charge on any atom is -0.419 e. The Balaban J connectivity index is 1.67. The highest BCUT2D eigenvalue weighted by Gasteiger charge is 2.34. The van der Waals surface area contributed by atoms with Crippen LogP contribution in [-0.4, -0.2) is 27.2 Å². The van der Waals surface area contributed by atoms with Crippen molar-refractivity contribution in [2.75, 3.05) is 5.32 Å². The van der Waals surface area contributed by atoms with Crippen molar-refractivity contribution in [3.63, 3.8) is 0 Å². The first-order valence-corrected chi connectivity index (χ1v) is 11.5. The lowest BCUT2D eigenvalue weighted by atomic mass is 10.1. The number of nitrogens with zero attached hydrogens (tertiary/aromatic N) is 3. The molecule has 0 amide bonds. The molecule has 0 aliphatic heterocycles. The fourth-order valence-electron chi connectivity index (χ4n) is 4.18. The van der Waals surface area contributed by atoms with Crippen LogP contribution >= 0.6 is 0 Å². The van der Waals surface area contributed by atoms with Crippen molar-refractivity contribution in [2.24, 2.45) is 0 Å². The lowest BCUT2D eigenvalue weighted by Gasteiger charge is -2.26. The molecule has 2 heterocycles. The normalized spacial score (nSPS) is 17.4. The Kier molecular flexibility index (Phi) is 6.70. The largest absolute Gasteiger partial charge is 0.419 e. The van der Waals surface area contributed by atoms with Crippen LogP contribution in [0.15, 0.2) is 42.6 Å². The number of hydrogen-bond donors (Lipinski definition) is 1. The number of nitrogens with one attached hydrogen (secondary N) is 1. The maximum Gasteiger partial charge on any atom is 0.243 e. The Morgan fingerprint density at radius 1 is 1.06 bits per heavy atom. The number of aryl methyl sites for hydroxylation is 3. The van der Waals surface area contributed by atoms with Crippen molar-refractivity contribution in [1.82, 2.24) is 15.0 Å². The quantitative estimate of drug-likeness (QED) is 0.500. The zero-order valence-corrected chi connectivity index (χ0v) is 19.6. The van der Waals surface area contributed by atoms with Gasteiger partial charge in [0.1, 0.15) is 11.5 Å². The summed E-state index contributed by atoms with van der Waals surface area (Å²) >= 11 is 0. The van der Waals surface area contributed by atoms with Crippen molar-refractivity contribution in [3.8, 4) is 11.8 Å². The number of anilines is 1. The summed E-state index contributed by atoms with van der Waals surface area (Å²) in [6, 6.07) is 12.4. The highest BCUT2D eigenvalue weighted by molar-refractivity contribution is 5.50. The Morgan fingerprint density at radius 3 is 2.56 bits per heavy atom. The maximum absolute atomic E-state index is 6.28. The molecule has 2 aromatic heterocycles. The van der Waals surface area contributed by atoms with E-state index >= 15 is 0 Å². The zero-order chi connectivity index (χ0) is 22.7. The van der Waals surface area contributed by atoms with Gasteiger partial charge in [0.25, 0.3) is 0 Å². The van der Waals surface area contributed by atoms with Gasteiger partial charge in [-0.3, -0.25) is 0 Å². The first-order chi connectivity index (χ1) is 15.5. The van der Waals surface area contributed by atoms with Gasteiger partial charge in [0.05, 0.1) is 23.9 Å². The lowest BCUT2D eigenvalue weighted by Crippen LogP contribution is -2.28. The summed E-state index contributed by atoms with van der Waals surface area (Å²) < 4.78 is 12.3. The molecule has 1 aromatic carbocycles.